The van der Waals surface area contributed by atoms with Crippen LogP contribution in [0, 0.1) is 0 Å². The summed E-state index contributed by atoms with van der Waals surface area (Å²) in [6.07, 6.45) is -5.28. The first-order chi connectivity index (χ1) is 20.6. The molecule has 0 aromatic heterocycles. The van der Waals surface area contributed by atoms with Crippen molar-refractivity contribution in [3.63, 3.8) is 0 Å². The first-order valence-corrected chi connectivity index (χ1v) is 15.2. The average Bonchev–Trinajstić information content (AvgIpc) is 2.96. The molecule has 3 aromatic rings. The van der Waals surface area contributed by atoms with E-state index in [1.807, 2.05) is 4.72 Å². The second kappa shape index (κ2) is 13.3. The third-order valence-electron chi connectivity index (χ3n) is 7.17. The summed E-state index contributed by atoms with van der Waals surface area (Å²) in [6.45, 7) is 0.0255. The first-order valence-electron chi connectivity index (χ1n) is 13.7. The molecule has 0 spiro atoms. The van der Waals surface area contributed by atoms with E-state index in [9.17, 15) is 44.3 Å². The van der Waals surface area contributed by atoms with Gasteiger partial charge < -0.3 is 10.6 Å². The van der Waals surface area contributed by atoms with Crippen LogP contribution in [0.25, 0.3) is 11.1 Å². The van der Waals surface area contributed by atoms with Crippen molar-refractivity contribution in [3.05, 3.63) is 89.0 Å². The van der Waals surface area contributed by atoms with Crippen molar-refractivity contribution in [2.45, 2.75) is 61.8 Å². The van der Waals surface area contributed by atoms with Crippen LogP contribution in [0.5, 0.6) is 0 Å². The predicted octanol–water partition coefficient (Wildman–Crippen LogP) is 6.68. The van der Waals surface area contributed by atoms with E-state index in [1.165, 1.54) is 48.5 Å². The molecule has 3 aromatic carbocycles. The van der Waals surface area contributed by atoms with Crippen LogP contribution in [0.2, 0.25) is 0 Å². The van der Waals surface area contributed by atoms with Gasteiger partial charge in [0.1, 0.15) is 0 Å². The molecule has 3 amide bonds. The summed E-state index contributed by atoms with van der Waals surface area (Å²) in [5.41, 5.74) is -3.03. The van der Waals surface area contributed by atoms with Crippen LogP contribution >= 0.6 is 0 Å². The minimum absolute atomic E-state index is 0.0189. The number of carbonyl (C=O) groups excluding carboxylic acids is 2. The highest BCUT2D eigenvalue weighted by Gasteiger charge is 2.37. The Balaban J connectivity index is 1.40. The summed E-state index contributed by atoms with van der Waals surface area (Å²) >= 11 is 0. The fourth-order valence-corrected chi connectivity index (χ4v) is 5.85. The van der Waals surface area contributed by atoms with Crippen molar-refractivity contribution in [1.82, 2.24) is 15.4 Å². The highest BCUT2D eigenvalue weighted by molar-refractivity contribution is 7.90. The number of hydrogen-bond acceptors (Lipinski definition) is 4. The number of amides is 3. The van der Waals surface area contributed by atoms with Gasteiger partial charge in [-0.15, -0.1) is 0 Å². The van der Waals surface area contributed by atoms with Crippen molar-refractivity contribution in [1.29, 1.82) is 0 Å². The third kappa shape index (κ3) is 8.52. The second-order valence-electron chi connectivity index (χ2n) is 10.4. The van der Waals surface area contributed by atoms with E-state index in [2.05, 4.69) is 10.6 Å². The molecule has 1 aliphatic carbocycles. The molecule has 1 aliphatic rings. The van der Waals surface area contributed by atoms with E-state index in [0.717, 1.165) is 32.1 Å². The maximum atomic E-state index is 13.4. The molecule has 44 heavy (non-hydrogen) atoms. The van der Waals surface area contributed by atoms with Crippen molar-refractivity contribution in [2.75, 3.05) is 6.54 Å². The zero-order valence-electron chi connectivity index (χ0n) is 23.2. The van der Waals surface area contributed by atoms with E-state index < -0.39 is 51.0 Å². The van der Waals surface area contributed by atoms with Crippen LogP contribution in [0.4, 0.5) is 31.1 Å². The SMILES string of the molecule is O=C(NC1CCCCC1)NS(=O)(=O)c1ccc(CCNC(=O)c2ccccc2-c2cc(C(F)(F)F)cc(C(F)(F)F)c2)cc1. The number of sulfonamides is 1. The van der Waals surface area contributed by atoms with Crippen molar-refractivity contribution in [2.24, 2.45) is 0 Å². The molecule has 1 fully saturated rings. The summed E-state index contributed by atoms with van der Waals surface area (Å²) in [7, 11) is -4.13. The molecule has 1 saturated carbocycles. The summed E-state index contributed by atoms with van der Waals surface area (Å²) < 4.78 is 107. The Bertz CT molecular complexity index is 1570. The number of halogens is 6. The van der Waals surface area contributed by atoms with E-state index in [0.29, 0.717) is 17.7 Å². The van der Waals surface area contributed by atoms with Gasteiger partial charge in [-0.1, -0.05) is 49.6 Å². The molecule has 0 unspecified atom stereocenters. The number of hydrogen-bond donors (Lipinski definition) is 3. The van der Waals surface area contributed by atoms with Gasteiger partial charge in [0.05, 0.1) is 16.0 Å². The van der Waals surface area contributed by atoms with Crippen LogP contribution < -0.4 is 15.4 Å². The standard InChI is InChI=1S/C30H29F6N3O4S/c31-29(32,33)21-16-20(17-22(18-21)30(34,35)36)25-8-4-5-9-26(25)27(40)37-15-14-19-10-12-24(13-11-19)44(42,43)39-28(41)38-23-6-2-1-3-7-23/h4-5,8-13,16-18,23H,1-3,6-7,14-15H2,(H,37,40)(H2,38,39,41). The lowest BCUT2D eigenvalue weighted by Crippen LogP contribution is -2.45. The number of carbonyl (C=O) groups is 2. The van der Waals surface area contributed by atoms with Gasteiger partial charge in [0, 0.05) is 18.2 Å². The first kappa shape index (κ1) is 32.8. The molecular formula is C30H29F6N3O4S. The number of rotatable bonds is 8. The van der Waals surface area contributed by atoms with Crippen LogP contribution in [-0.2, 0) is 28.8 Å². The fraction of sp³-hybridized carbons (Fsp3) is 0.333. The summed E-state index contributed by atoms with van der Waals surface area (Å²) in [5.74, 6) is -0.723. The topological polar surface area (TPSA) is 104 Å². The molecule has 3 N–H and O–H groups in total. The van der Waals surface area contributed by atoms with Gasteiger partial charge in [0.2, 0.25) is 0 Å². The number of nitrogens with one attached hydrogen (secondary N) is 3. The summed E-state index contributed by atoms with van der Waals surface area (Å²) in [6, 6.07) is 11.2. The van der Waals surface area contributed by atoms with Gasteiger partial charge in [0.25, 0.3) is 15.9 Å². The van der Waals surface area contributed by atoms with E-state index in [4.69, 9.17) is 0 Å². The smallest absolute Gasteiger partial charge is 0.352 e. The molecule has 236 valence electrons. The maximum absolute atomic E-state index is 13.4. The van der Waals surface area contributed by atoms with E-state index >= 15 is 0 Å². The van der Waals surface area contributed by atoms with Gasteiger partial charge in [-0.05, 0) is 72.4 Å². The van der Waals surface area contributed by atoms with Crippen molar-refractivity contribution in [3.8, 4) is 11.1 Å². The largest absolute Gasteiger partial charge is 0.416 e. The Kier molecular flexibility index (Phi) is 9.91. The minimum atomic E-state index is -5.04. The Labute approximate surface area is 250 Å². The van der Waals surface area contributed by atoms with E-state index in [-0.39, 0.29) is 41.1 Å². The van der Waals surface area contributed by atoms with Gasteiger partial charge in [-0.25, -0.2) is 17.9 Å². The Morgan fingerprint density at radius 3 is 1.98 bits per heavy atom. The van der Waals surface area contributed by atoms with Gasteiger partial charge >= 0.3 is 18.4 Å². The fourth-order valence-electron chi connectivity index (χ4n) is 4.94. The van der Waals surface area contributed by atoms with Gasteiger partial charge in [-0.2, -0.15) is 26.3 Å². The molecule has 0 aliphatic heterocycles. The quantitative estimate of drug-likeness (QED) is 0.239. The molecule has 0 bridgehead atoms. The molecule has 0 radical (unpaired) electrons. The van der Waals surface area contributed by atoms with Crippen molar-refractivity contribution < 1.29 is 44.3 Å². The zero-order chi connectivity index (χ0) is 32.1. The van der Waals surface area contributed by atoms with Gasteiger partial charge in [-0.3, -0.25) is 4.79 Å². The lowest BCUT2D eigenvalue weighted by molar-refractivity contribution is -0.143. The highest BCUT2D eigenvalue weighted by Crippen LogP contribution is 2.39. The number of benzene rings is 3. The lowest BCUT2D eigenvalue weighted by Gasteiger charge is -2.22. The number of alkyl halides is 6. The molecule has 0 atom stereocenters. The molecular weight excluding hydrogens is 612 g/mol. The Hall–Kier alpha value is -4.07. The highest BCUT2D eigenvalue weighted by atomic mass is 32.2. The lowest BCUT2D eigenvalue weighted by atomic mass is 9.95. The molecule has 4 rings (SSSR count). The predicted molar refractivity (Wildman–Crippen MR) is 150 cm³/mol. The number of urea groups is 1. The second-order valence-corrected chi connectivity index (χ2v) is 12.1. The molecule has 7 nitrogen and oxygen atoms in total. The monoisotopic (exact) mass is 641 g/mol. The normalized spacial score (nSPS) is 14.6. The molecule has 0 heterocycles. The molecule has 14 heteroatoms. The molecule has 0 saturated heterocycles. The maximum Gasteiger partial charge on any atom is 0.416 e. The van der Waals surface area contributed by atoms with Crippen LogP contribution in [0.3, 0.4) is 0 Å². The summed E-state index contributed by atoms with van der Waals surface area (Å²) in [5, 5.41) is 5.26. The minimum Gasteiger partial charge on any atom is -0.352 e. The third-order valence-corrected chi connectivity index (χ3v) is 8.52. The van der Waals surface area contributed by atoms with Crippen LogP contribution in [0.1, 0.15) is 59.2 Å². The van der Waals surface area contributed by atoms with E-state index in [1.54, 1.807) is 0 Å². The van der Waals surface area contributed by atoms with Crippen molar-refractivity contribution >= 4 is 22.0 Å². The Morgan fingerprint density at radius 2 is 1.39 bits per heavy atom. The summed E-state index contributed by atoms with van der Waals surface area (Å²) in [4.78, 5) is 25.0. The van der Waals surface area contributed by atoms with Crippen LogP contribution in [0.15, 0.2) is 71.6 Å². The zero-order valence-corrected chi connectivity index (χ0v) is 24.0. The average molecular weight is 642 g/mol. The van der Waals surface area contributed by atoms with Gasteiger partial charge in [0.15, 0.2) is 0 Å². The Morgan fingerprint density at radius 1 is 0.795 bits per heavy atom. The van der Waals surface area contributed by atoms with Crippen LogP contribution in [-0.4, -0.2) is 32.9 Å².